The van der Waals surface area contributed by atoms with Crippen molar-refractivity contribution in [1.29, 1.82) is 0 Å². The van der Waals surface area contributed by atoms with Crippen LogP contribution in [0.4, 0.5) is 0 Å². The van der Waals surface area contributed by atoms with Gasteiger partial charge in [0.25, 0.3) is 0 Å². The minimum atomic E-state index is -3.56. The van der Waals surface area contributed by atoms with Crippen LogP contribution in [0.15, 0.2) is 41.4 Å². The van der Waals surface area contributed by atoms with E-state index in [1.807, 2.05) is 24.4 Å². The van der Waals surface area contributed by atoms with Gasteiger partial charge in [0.1, 0.15) is 5.75 Å². The largest absolute Gasteiger partial charge is 0.494 e. The second-order valence-corrected chi connectivity index (χ2v) is 8.22. The molecule has 0 saturated carbocycles. The maximum Gasteiger partial charge on any atom is 0.243 e. The third kappa shape index (κ3) is 2.85. The van der Waals surface area contributed by atoms with Crippen LogP contribution in [0.2, 0.25) is 0 Å². The number of rotatable bonds is 4. The Morgan fingerprint density at radius 1 is 1.23 bits per heavy atom. The predicted octanol–water partition coefficient (Wildman–Crippen LogP) is 2.18. The Hall–Kier alpha value is -2.45. The summed E-state index contributed by atoms with van der Waals surface area (Å²) in [6.07, 6.45) is 2.36. The molecule has 3 heterocycles. The van der Waals surface area contributed by atoms with Crippen molar-refractivity contribution in [1.82, 2.24) is 18.9 Å². The Morgan fingerprint density at radius 3 is 2.73 bits per heavy atom. The van der Waals surface area contributed by atoms with Crippen molar-refractivity contribution in [3.8, 4) is 5.75 Å². The maximum absolute atomic E-state index is 13.0. The van der Waals surface area contributed by atoms with Crippen LogP contribution in [0.3, 0.4) is 0 Å². The molecule has 136 valence electrons. The molecule has 0 bridgehead atoms. The number of benzene rings is 1. The second kappa shape index (κ2) is 6.37. The fraction of sp³-hybridized carbons (Fsp3) is 0.333. The summed E-state index contributed by atoms with van der Waals surface area (Å²) in [7, 11) is -3.56. The summed E-state index contributed by atoms with van der Waals surface area (Å²) in [6.45, 7) is 5.07. The van der Waals surface area contributed by atoms with Gasteiger partial charge < -0.3 is 4.74 Å². The highest BCUT2D eigenvalue weighted by Crippen LogP contribution is 2.26. The molecule has 4 rings (SSSR count). The highest BCUT2D eigenvalue weighted by molar-refractivity contribution is 7.89. The van der Waals surface area contributed by atoms with Gasteiger partial charge in [-0.3, -0.25) is 0 Å². The average Bonchev–Trinajstić information content (AvgIpc) is 3.03. The normalized spacial score (nSPS) is 15.2. The van der Waals surface area contributed by atoms with Crippen molar-refractivity contribution in [3.05, 3.63) is 53.5 Å². The van der Waals surface area contributed by atoms with Crippen molar-refractivity contribution in [2.75, 3.05) is 13.2 Å². The zero-order valence-electron chi connectivity index (χ0n) is 14.7. The van der Waals surface area contributed by atoms with E-state index in [0.717, 1.165) is 22.6 Å². The van der Waals surface area contributed by atoms with Gasteiger partial charge in [-0.2, -0.15) is 9.40 Å². The van der Waals surface area contributed by atoms with Crippen LogP contribution in [0.1, 0.15) is 23.9 Å². The number of aromatic nitrogens is 3. The Kier molecular flexibility index (Phi) is 4.16. The summed E-state index contributed by atoms with van der Waals surface area (Å²) in [5.74, 6) is 0.663. The molecule has 26 heavy (non-hydrogen) atoms. The van der Waals surface area contributed by atoms with Crippen LogP contribution >= 0.6 is 0 Å². The fourth-order valence-electron chi connectivity index (χ4n) is 3.26. The van der Waals surface area contributed by atoms with E-state index in [9.17, 15) is 8.42 Å². The summed E-state index contributed by atoms with van der Waals surface area (Å²) < 4.78 is 34.7. The number of hydrogen-bond acceptors (Lipinski definition) is 5. The molecule has 0 fully saturated rings. The molecular weight excluding hydrogens is 352 g/mol. The number of hydrogen-bond donors (Lipinski definition) is 0. The van der Waals surface area contributed by atoms with Crippen molar-refractivity contribution >= 4 is 15.7 Å². The first-order valence-electron chi connectivity index (χ1n) is 8.55. The van der Waals surface area contributed by atoms with Gasteiger partial charge in [0.2, 0.25) is 10.0 Å². The van der Waals surface area contributed by atoms with Crippen molar-refractivity contribution in [3.63, 3.8) is 0 Å². The number of ether oxygens (including phenoxy) is 1. The first-order valence-corrected chi connectivity index (χ1v) is 9.99. The first-order chi connectivity index (χ1) is 12.5. The van der Waals surface area contributed by atoms with E-state index in [-0.39, 0.29) is 4.90 Å². The first kappa shape index (κ1) is 17.0. The zero-order chi connectivity index (χ0) is 18.3. The molecule has 8 heteroatoms. The molecule has 0 aliphatic carbocycles. The molecule has 7 nitrogen and oxygen atoms in total. The lowest BCUT2D eigenvalue weighted by molar-refractivity contribution is 0.340. The molecule has 2 aromatic heterocycles. The van der Waals surface area contributed by atoms with Gasteiger partial charge in [-0.1, -0.05) is 0 Å². The number of sulfonamides is 1. The van der Waals surface area contributed by atoms with Gasteiger partial charge >= 0.3 is 0 Å². The van der Waals surface area contributed by atoms with E-state index in [2.05, 4.69) is 10.1 Å². The van der Waals surface area contributed by atoms with Crippen molar-refractivity contribution in [2.45, 2.75) is 31.7 Å². The van der Waals surface area contributed by atoms with Crippen molar-refractivity contribution < 1.29 is 13.2 Å². The minimum absolute atomic E-state index is 0.272. The number of nitrogens with zero attached hydrogens (tertiary/aromatic N) is 4. The smallest absolute Gasteiger partial charge is 0.243 e. The monoisotopic (exact) mass is 372 g/mol. The number of aryl methyl sites for hydroxylation is 1. The van der Waals surface area contributed by atoms with Gasteiger partial charge in [0.15, 0.2) is 5.65 Å². The highest BCUT2D eigenvalue weighted by atomic mass is 32.2. The summed E-state index contributed by atoms with van der Waals surface area (Å²) in [6, 6.07) is 8.48. The molecule has 0 amide bonds. The Balaban J connectivity index is 1.64. The molecule has 0 spiro atoms. The number of fused-ring (bicyclic) bond motifs is 3. The van der Waals surface area contributed by atoms with Gasteiger partial charge in [-0.25, -0.2) is 17.9 Å². The van der Waals surface area contributed by atoms with E-state index in [1.165, 1.54) is 4.31 Å². The predicted molar refractivity (Wildman–Crippen MR) is 96.6 cm³/mol. The molecule has 0 unspecified atom stereocenters. The lowest BCUT2D eigenvalue weighted by atomic mass is 10.1. The quantitative estimate of drug-likeness (QED) is 0.702. The summed E-state index contributed by atoms with van der Waals surface area (Å²) in [5, 5.41) is 4.47. The topological polar surface area (TPSA) is 76.8 Å². The Morgan fingerprint density at radius 2 is 2.00 bits per heavy atom. The van der Waals surface area contributed by atoms with E-state index in [1.54, 1.807) is 30.5 Å². The van der Waals surface area contributed by atoms with Crippen LogP contribution in [0.5, 0.6) is 5.75 Å². The average molecular weight is 372 g/mol. The molecule has 0 atom stereocenters. The molecule has 1 aliphatic rings. The van der Waals surface area contributed by atoms with Crippen LogP contribution in [0, 0.1) is 6.92 Å². The lowest BCUT2D eigenvalue weighted by Gasteiger charge is -2.28. The molecule has 1 aromatic carbocycles. The Labute approximate surface area is 152 Å². The molecule has 0 N–H and O–H groups in total. The van der Waals surface area contributed by atoms with Gasteiger partial charge in [-0.15, -0.1) is 0 Å². The zero-order valence-corrected chi connectivity index (χ0v) is 15.5. The third-order valence-corrected chi connectivity index (χ3v) is 6.37. The van der Waals surface area contributed by atoms with Crippen LogP contribution in [-0.4, -0.2) is 40.5 Å². The summed E-state index contributed by atoms with van der Waals surface area (Å²) in [4.78, 5) is 4.67. The van der Waals surface area contributed by atoms with E-state index in [0.29, 0.717) is 31.9 Å². The SMILES string of the molecule is CCOc1ccc(S(=O)(=O)N2CCc3c(cnc4cc(C)nn34)C2)cc1. The Bertz CT molecular complexity index is 1060. The van der Waals surface area contributed by atoms with Crippen LogP contribution < -0.4 is 4.74 Å². The molecular formula is C18H20N4O3S. The lowest BCUT2D eigenvalue weighted by Crippen LogP contribution is -2.37. The van der Waals surface area contributed by atoms with Gasteiger partial charge in [0.05, 0.1) is 22.9 Å². The second-order valence-electron chi connectivity index (χ2n) is 6.28. The highest BCUT2D eigenvalue weighted by Gasteiger charge is 2.29. The molecule has 0 saturated heterocycles. The molecule has 1 aliphatic heterocycles. The fourth-order valence-corrected chi connectivity index (χ4v) is 4.68. The molecule has 3 aromatic rings. The standard InChI is InChI=1S/C18H20N4O3S/c1-3-25-15-4-6-16(7-5-15)26(23,24)21-9-8-17-14(12-21)11-19-18-10-13(2)20-22(17)18/h4-7,10-11H,3,8-9,12H2,1-2H3. The van der Waals surface area contributed by atoms with Crippen LogP contribution in [-0.2, 0) is 23.0 Å². The summed E-state index contributed by atoms with van der Waals surface area (Å²) >= 11 is 0. The van der Waals surface area contributed by atoms with Gasteiger partial charge in [-0.05, 0) is 38.1 Å². The third-order valence-electron chi connectivity index (χ3n) is 4.51. The van der Waals surface area contributed by atoms with E-state index < -0.39 is 10.0 Å². The maximum atomic E-state index is 13.0. The van der Waals surface area contributed by atoms with E-state index in [4.69, 9.17) is 4.74 Å². The minimum Gasteiger partial charge on any atom is -0.494 e. The summed E-state index contributed by atoms with van der Waals surface area (Å²) in [5.41, 5.74) is 3.61. The molecule has 0 radical (unpaired) electrons. The van der Waals surface area contributed by atoms with Crippen molar-refractivity contribution in [2.24, 2.45) is 0 Å². The van der Waals surface area contributed by atoms with Gasteiger partial charge in [0, 0.05) is 37.3 Å². The van der Waals surface area contributed by atoms with E-state index >= 15 is 0 Å². The van der Waals surface area contributed by atoms with Crippen LogP contribution in [0.25, 0.3) is 5.65 Å².